The third-order valence-corrected chi connectivity index (χ3v) is 4.35. The molecule has 0 saturated carbocycles. The third kappa shape index (κ3) is 3.42. The van der Waals surface area contributed by atoms with E-state index in [2.05, 4.69) is 37.5 Å². The van der Waals surface area contributed by atoms with Crippen molar-refractivity contribution in [1.29, 1.82) is 0 Å². The number of ether oxygens (including phenoxy) is 2. The molecule has 5 heteroatoms. The van der Waals surface area contributed by atoms with E-state index in [9.17, 15) is 0 Å². The van der Waals surface area contributed by atoms with Crippen molar-refractivity contribution in [2.24, 2.45) is 0 Å². The van der Waals surface area contributed by atoms with Gasteiger partial charge in [0, 0.05) is 17.5 Å². The highest BCUT2D eigenvalue weighted by atomic mass is 32.1. The number of nitrogens with one attached hydrogen (secondary N) is 1. The zero-order valence-corrected chi connectivity index (χ0v) is 14.9. The molecule has 0 aliphatic rings. The van der Waals surface area contributed by atoms with Crippen molar-refractivity contribution >= 4 is 11.3 Å². The molecule has 0 aliphatic heterocycles. The molecule has 0 saturated heterocycles. The van der Waals surface area contributed by atoms with Crippen LogP contribution in [0.15, 0.2) is 17.5 Å². The summed E-state index contributed by atoms with van der Waals surface area (Å²) in [5.41, 5.74) is 3.13. The molecule has 1 heterocycles. The maximum Gasteiger partial charge on any atom is 0.170 e. The van der Waals surface area contributed by atoms with Gasteiger partial charge in [-0.3, -0.25) is 0 Å². The number of hydrogen-bond acceptors (Lipinski definition) is 5. The van der Waals surface area contributed by atoms with E-state index < -0.39 is 0 Å². The highest BCUT2D eigenvalue weighted by Crippen LogP contribution is 2.42. The van der Waals surface area contributed by atoms with Gasteiger partial charge in [-0.1, -0.05) is 20.8 Å². The first kappa shape index (κ1) is 16.8. The zero-order chi connectivity index (χ0) is 16.3. The Morgan fingerprint density at radius 3 is 2.45 bits per heavy atom. The van der Waals surface area contributed by atoms with Crippen molar-refractivity contribution in [2.45, 2.75) is 32.7 Å². The number of nitrogens with zero attached hydrogens (tertiary/aromatic N) is 1. The largest absolute Gasteiger partial charge is 0.493 e. The van der Waals surface area contributed by atoms with E-state index in [0.717, 1.165) is 34.3 Å². The number of aromatic nitrogens is 1. The van der Waals surface area contributed by atoms with Crippen LogP contribution in [-0.2, 0) is 12.0 Å². The Labute approximate surface area is 136 Å². The summed E-state index contributed by atoms with van der Waals surface area (Å²) in [7, 11) is 5.26. The Morgan fingerprint density at radius 1 is 1.18 bits per heavy atom. The van der Waals surface area contributed by atoms with Crippen LogP contribution in [0.2, 0.25) is 0 Å². The normalized spacial score (nSPS) is 11.5. The second-order valence-electron chi connectivity index (χ2n) is 6.17. The van der Waals surface area contributed by atoms with Gasteiger partial charge < -0.3 is 14.8 Å². The standard InChI is InChI=1S/C17H24N2O2S/c1-17(2,3)11-7-12(16(21-6)14(8-11)20-5)13-10-22-15(19-13)9-18-4/h7-8,10,18H,9H2,1-6H3. The summed E-state index contributed by atoms with van der Waals surface area (Å²) in [4.78, 5) is 4.70. The molecule has 0 atom stereocenters. The maximum atomic E-state index is 5.58. The highest BCUT2D eigenvalue weighted by Gasteiger charge is 2.22. The molecule has 0 unspecified atom stereocenters. The Morgan fingerprint density at radius 2 is 1.91 bits per heavy atom. The van der Waals surface area contributed by atoms with Gasteiger partial charge in [0.15, 0.2) is 11.5 Å². The summed E-state index contributed by atoms with van der Waals surface area (Å²) in [5, 5.41) is 6.25. The molecule has 2 rings (SSSR count). The molecule has 0 spiro atoms. The Balaban J connectivity index is 2.60. The molecule has 1 aromatic heterocycles. The Kier molecular flexibility index (Phi) is 5.08. The van der Waals surface area contributed by atoms with Gasteiger partial charge in [0.1, 0.15) is 5.01 Å². The summed E-state index contributed by atoms with van der Waals surface area (Å²) >= 11 is 1.64. The van der Waals surface area contributed by atoms with Crippen LogP contribution in [0, 0.1) is 0 Å². The van der Waals surface area contributed by atoms with Crippen molar-refractivity contribution in [1.82, 2.24) is 10.3 Å². The average molecular weight is 320 g/mol. The van der Waals surface area contributed by atoms with E-state index in [1.807, 2.05) is 13.1 Å². The van der Waals surface area contributed by atoms with Crippen LogP contribution in [0.4, 0.5) is 0 Å². The Bertz CT molecular complexity index is 645. The van der Waals surface area contributed by atoms with Crippen molar-refractivity contribution in [3.63, 3.8) is 0 Å². The van der Waals surface area contributed by atoms with E-state index in [1.165, 1.54) is 5.56 Å². The summed E-state index contributed by atoms with van der Waals surface area (Å²) in [6.45, 7) is 7.33. The van der Waals surface area contributed by atoms with Crippen LogP contribution >= 0.6 is 11.3 Å². The van der Waals surface area contributed by atoms with E-state index >= 15 is 0 Å². The number of methoxy groups -OCH3 is 2. The average Bonchev–Trinajstić information content (AvgIpc) is 2.93. The van der Waals surface area contributed by atoms with Gasteiger partial charge in [-0.05, 0) is 30.2 Å². The molecule has 0 aliphatic carbocycles. The van der Waals surface area contributed by atoms with Gasteiger partial charge in [-0.25, -0.2) is 4.98 Å². The number of thiazole rings is 1. The van der Waals surface area contributed by atoms with Crippen molar-refractivity contribution in [3.05, 3.63) is 28.1 Å². The minimum absolute atomic E-state index is 0.0259. The SMILES string of the molecule is CNCc1nc(-c2cc(C(C)(C)C)cc(OC)c2OC)cs1. The van der Waals surface area contributed by atoms with E-state index in [4.69, 9.17) is 14.5 Å². The summed E-state index contributed by atoms with van der Waals surface area (Å²) in [6.07, 6.45) is 0. The lowest BCUT2D eigenvalue weighted by Gasteiger charge is -2.22. The number of benzene rings is 1. The van der Waals surface area contributed by atoms with Crippen molar-refractivity contribution in [2.75, 3.05) is 21.3 Å². The lowest BCUT2D eigenvalue weighted by atomic mass is 9.85. The lowest BCUT2D eigenvalue weighted by Crippen LogP contribution is -2.12. The first-order valence-electron chi connectivity index (χ1n) is 7.26. The fourth-order valence-corrected chi connectivity index (χ4v) is 3.06. The monoisotopic (exact) mass is 320 g/mol. The minimum atomic E-state index is 0.0259. The molecule has 1 aromatic carbocycles. The molecule has 0 radical (unpaired) electrons. The van der Waals surface area contributed by atoms with Gasteiger partial charge in [0.2, 0.25) is 0 Å². The molecule has 4 nitrogen and oxygen atoms in total. The highest BCUT2D eigenvalue weighted by molar-refractivity contribution is 7.09. The van der Waals surface area contributed by atoms with Gasteiger partial charge in [-0.15, -0.1) is 11.3 Å². The van der Waals surface area contributed by atoms with E-state index in [0.29, 0.717) is 0 Å². The summed E-state index contributed by atoms with van der Waals surface area (Å²) < 4.78 is 11.1. The van der Waals surface area contributed by atoms with Gasteiger partial charge in [-0.2, -0.15) is 0 Å². The molecule has 22 heavy (non-hydrogen) atoms. The van der Waals surface area contributed by atoms with Gasteiger partial charge >= 0.3 is 0 Å². The topological polar surface area (TPSA) is 43.4 Å². The predicted molar refractivity (Wildman–Crippen MR) is 92.1 cm³/mol. The van der Waals surface area contributed by atoms with Crippen LogP contribution in [0.3, 0.4) is 0 Å². The summed E-state index contributed by atoms with van der Waals surface area (Å²) in [6, 6.07) is 4.20. The van der Waals surface area contributed by atoms with Crippen LogP contribution in [0.1, 0.15) is 31.3 Å². The zero-order valence-electron chi connectivity index (χ0n) is 14.1. The Hall–Kier alpha value is -1.59. The quantitative estimate of drug-likeness (QED) is 0.909. The minimum Gasteiger partial charge on any atom is -0.493 e. The number of hydrogen-bond donors (Lipinski definition) is 1. The van der Waals surface area contributed by atoms with E-state index in [-0.39, 0.29) is 5.41 Å². The van der Waals surface area contributed by atoms with Gasteiger partial charge in [0.25, 0.3) is 0 Å². The lowest BCUT2D eigenvalue weighted by molar-refractivity contribution is 0.354. The fourth-order valence-electron chi connectivity index (χ4n) is 2.25. The van der Waals surface area contributed by atoms with Gasteiger partial charge in [0.05, 0.1) is 19.9 Å². The van der Waals surface area contributed by atoms with Crippen molar-refractivity contribution in [3.8, 4) is 22.8 Å². The molecular weight excluding hydrogens is 296 g/mol. The first-order valence-corrected chi connectivity index (χ1v) is 8.14. The smallest absolute Gasteiger partial charge is 0.170 e. The molecule has 0 fully saturated rings. The second kappa shape index (κ2) is 6.67. The van der Waals surface area contributed by atoms with E-state index in [1.54, 1.807) is 25.6 Å². The second-order valence-corrected chi connectivity index (χ2v) is 7.11. The summed E-state index contributed by atoms with van der Waals surface area (Å²) in [5.74, 6) is 1.48. The van der Waals surface area contributed by atoms with Crippen LogP contribution < -0.4 is 14.8 Å². The molecule has 120 valence electrons. The van der Waals surface area contributed by atoms with Crippen LogP contribution in [0.25, 0.3) is 11.3 Å². The predicted octanol–water partition coefficient (Wildman–Crippen LogP) is 3.84. The van der Waals surface area contributed by atoms with Crippen LogP contribution in [0.5, 0.6) is 11.5 Å². The molecule has 0 bridgehead atoms. The number of rotatable bonds is 5. The maximum absolute atomic E-state index is 5.58. The molecule has 1 N–H and O–H groups in total. The third-order valence-electron chi connectivity index (χ3n) is 3.50. The molecule has 2 aromatic rings. The molecular formula is C17H24N2O2S. The first-order chi connectivity index (χ1) is 10.4. The van der Waals surface area contributed by atoms with Crippen LogP contribution in [-0.4, -0.2) is 26.3 Å². The molecule has 0 amide bonds. The fraction of sp³-hybridized carbons (Fsp3) is 0.471. The van der Waals surface area contributed by atoms with Crippen molar-refractivity contribution < 1.29 is 9.47 Å².